The SMILES string of the molecule is C=CC(=O)OCCCCCCOC(=O)Oc1ccc(C(=O)O[C@H]2COC3C2OC[C@H]3C)cc1. The fourth-order valence-electron chi connectivity index (χ4n) is 3.69. The summed E-state index contributed by atoms with van der Waals surface area (Å²) in [5, 5.41) is 0. The molecule has 0 N–H and O–H groups in total. The van der Waals surface area contributed by atoms with E-state index in [-0.39, 0.29) is 30.5 Å². The van der Waals surface area contributed by atoms with E-state index in [0.29, 0.717) is 31.8 Å². The smallest absolute Gasteiger partial charge is 0.463 e. The first kappa shape index (κ1) is 24.7. The van der Waals surface area contributed by atoms with Gasteiger partial charge in [0.25, 0.3) is 0 Å². The maximum Gasteiger partial charge on any atom is 0.513 e. The van der Waals surface area contributed by atoms with Crippen molar-refractivity contribution in [3.8, 4) is 5.75 Å². The van der Waals surface area contributed by atoms with E-state index < -0.39 is 24.2 Å². The largest absolute Gasteiger partial charge is 0.513 e. The number of fused-ring (bicyclic) bond motifs is 1. The fraction of sp³-hybridized carbons (Fsp3) is 0.542. The Bertz CT molecular complexity index is 820. The molecule has 0 bridgehead atoms. The van der Waals surface area contributed by atoms with Gasteiger partial charge in [0.2, 0.25) is 0 Å². The summed E-state index contributed by atoms with van der Waals surface area (Å²) in [7, 11) is 0. The Morgan fingerprint density at radius 3 is 2.33 bits per heavy atom. The maximum absolute atomic E-state index is 12.4. The molecule has 3 rings (SSSR count). The van der Waals surface area contributed by atoms with E-state index in [9.17, 15) is 14.4 Å². The molecule has 1 aromatic carbocycles. The van der Waals surface area contributed by atoms with E-state index in [4.69, 9.17) is 28.4 Å². The highest BCUT2D eigenvalue weighted by Gasteiger charge is 2.47. The Balaban J connectivity index is 1.30. The number of hydrogen-bond acceptors (Lipinski definition) is 9. The molecule has 4 atom stereocenters. The van der Waals surface area contributed by atoms with Gasteiger partial charge in [-0.1, -0.05) is 13.5 Å². The maximum atomic E-state index is 12.4. The minimum absolute atomic E-state index is 0.0355. The van der Waals surface area contributed by atoms with Gasteiger partial charge in [-0.2, -0.15) is 0 Å². The van der Waals surface area contributed by atoms with E-state index in [1.807, 2.05) is 6.92 Å². The molecular weight excluding hydrogens is 432 g/mol. The topological polar surface area (TPSA) is 107 Å². The lowest BCUT2D eigenvalue weighted by Crippen LogP contribution is -2.32. The van der Waals surface area contributed by atoms with Crippen LogP contribution in [0.4, 0.5) is 4.79 Å². The third-order valence-electron chi connectivity index (χ3n) is 5.47. The Labute approximate surface area is 192 Å². The summed E-state index contributed by atoms with van der Waals surface area (Å²) >= 11 is 0. The quantitative estimate of drug-likeness (QED) is 0.161. The monoisotopic (exact) mass is 462 g/mol. The third-order valence-corrected chi connectivity index (χ3v) is 5.47. The van der Waals surface area contributed by atoms with Gasteiger partial charge < -0.3 is 28.4 Å². The molecule has 0 radical (unpaired) electrons. The molecule has 0 aliphatic carbocycles. The number of carbonyl (C=O) groups excluding carboxylic acids is 3. The first-order valence-corrected chi connectivity index (χ1v) is 11.2. The highest BCUT2D eigenvalue weighted by atomic mass is 16.7. The minimum Gasteiger partial charge on any atom is -0.463 e. The second-order valence-corrected chi connectivity index (χ2v) is 8.03. The van der Waals surface area contributed by atoms with Crippen LogP contribution in [-0.4, -0.2) is 62.8 Å². The van der Waals surface area contributed by atoms with Gasteiger partial charge in [0.15, 0.2) is 6.10 Å². The van der Waals surface area contributed by atoms with Crippen molar-refractivity contribution in [2.45, 2.75) is 50.9 Å². The molecular formula is C24H30O9. The van der Waals surface area contributed by atoms with E-state index >= 15 is 0 Å². The van der Waals surface area contributed by atoms with Crippen LogP contribution >= 0.6 is 0 Å². The molecule has 9 nitrogen and oxygen atoms in total. The zero-order valence-corrected chi connectivity index (χ0v) is 18.7. The first-order chi connectivity index (χ1) is 16.0. The van der Waals surface area contributed by atoms with Crippen LogP contribution < -0.4 is 4.74 Å². The van der Waals surface area contributed by atoms with E-state index in [1.165, 1.54) is 24.3 Å². The first-order valence-electron chi connectivity index (χ1n) is 11.2. The number of hydrogen-bond donors (Lipinski definition) is 0. The van der Waals surface area contributed by atoms with Crippen LogP contribution in [0.3, 0.4) is 0 Å². The highest BCUT2D eigenvalue weighted by molar-refractivity contribution is 5.89. The highest BCUT2D eigenvalue weighted by Crippen LogP contribution is 2.32. The summed E-state index contributed by atoms with van der Waals surface area (Å²) in [6.07, 6.45) is 2.71. The van der Waals surface area contributed by atoms with Gasteiger partial charge >= 0.3 is 18.1 Å². The third kappa shape index (κ3) is 7.30. The second-order valence-electron chi connectivity index (χ2n) is 8.03. The number of esters is 2. The van der Waals surface area contributed by atoms with Crippen LogP contribution in [0.5, 0.6) is 5.75 Å². The molecule has 0 spiro atoms. The average molecular weight is 462 g/mol. The predicted octanol–water partition coefficient (Wildman–Crippen LogP) is 3.45. The van der Waals surface area contributed by atoms with Crippen molar-refractivity contribution >= 4 is 18.1 Å². The molecule has 9 heteroatoms. The summed E-state index contributed by atoms with van der Waals surface area (Å²) in [6, 6.07) is 6.06. The summed E-state index contributed by atoms with van der Waals surface area (Å²) in [5.41, 5.74) is 0.337. The van der Waals surface area contributed by atoms with Crippen LogP contribution in [0, 0.1) is 5.92 Å². The number of rotatable bonds is 11. The van der Waals surface area contributed by atoms with Gasteiger partial charge in [0.1, 0.15) is 11.9 Å². The molecule has 0 saturated carbocycles. The van der Waals surface area contributed by atoms with E-state index in [2.05, 4.69) is 6.58 Å². The molecule has 0 amide bonds. The zero-order chi connectivity index (χ0) is 23.6. The Morgan fingerprint density at radius 1 is 0.970 bits per heavy atom. The van der Waals surface area contributed by atoms with Gasteiger partial charge in [-0.05, 0) is 49.9 Å². The number of unbranched alkanes of at least 4 members (excludes halogenated alkanes) is 3. The van der Waals surface area contributed by atoms with Crippen LogP contribution in [-0.2, 0) is 28.5 Å². The van der Waals surface area contributed by atoms with Gasteiger partial charge in [0.05, 0.1) is 38.1 Å². The van der Waals surface area contributed by atoms with Crippen molar-refractivity contribution in [1.82, 2.24) is 0 Å². The number of benzene rings is 1. The molecule has 33 heavy (non-hydrogen) atoms. The standard InChI is InChI=1S/C24H30O9/c1-3-20(25)28-12-6-4-5-7-13-29-24(27)32-18-10-8-17(9-11-18)23(26)33-19-15-31-21-16(2)14-30-22(19)21/h3,8-11,16,19,21-22H,1,4-7,12-15H2,2H3/t16-,19+,21?,22?/m1/s1. The van der Waals surface area contributed by atoms with Gasteiger partial charge in [-0.25, -0.2) is 14.4 Å². The van der Waals surface area contributed by atoms with Gasteiger partial charge in [-0.3, -0.25) is 0 Å². The average Bonchev–Trinajstić information content (AvgIpc) is 3.38. The molecule has 2 fully saturated rings. The van der Waals surface area contributed by atoms with Crippen LogP contribution in [0.2, 0.25) is 0 Å². The Morgan fingerprint density at radius 2 is 1.64 bits per heavy atom. The second kappa shape index (κ2) is 12.4. The van der Waals surface area contributed by atoms with Crippen molar-refractivity contribution in [2.24, 2.45) is 5.92 Å². The molecule has 180 valence electrons. The van der Waals surface area contributed by atoms with E-state index in [0.717, 1.165) is 25.3 Å². The van der Waals surface area contributed by atoms with E-state index in [1.54, 1.807) is 0 Å². The van der Waals surface area contributed by atoms with Crippen LogP contribution in [0.25, 0.3) is 0 Å². The zero-order valence-electron chi connectivity index (χ0n) is 18.7. The lowest BCUT2D eigenvalue weighted by molar-refractivity contribution is -0.137. The van der Waals surface area contributed by atoms with Crippen molar-refractivity contribution < 1.29 is 42.8 Å². The molecule has 2 aliphatic rings. The van der Waals surface area contributed by atoms with Crippen molar-refractivity contribution in [3.63, 3.8) is 0 Å². The summed E-state index contributed by atoms with van der Waals surface area (Å²) < 4.78 is 32.0. The molecule has 2 saturated heterocycles. The molecule has 1 aromatic rings. The lowest BCUT2D eigenvalue weighted by Gasteiger charge is -2.16. The van der Waals surface area contributed by atoms with Crippen LogP contribution in [0.15, 0.2) is 36.9 Å². The van der Waals surface area contributed by atoms with Gasteiger partial charge in [-0.15, -0.1) is 0 Å². The Kier molecular flexibility index (Phi) is 9.26. The summed E-state index contributed by atoms with van der Waals surface area (Å²) in [6.45, 7) is 6.86. The summed E-state index contributed by atoms with van der Waals surface area (Å²) in [5.74, 6) is -0.372. The number of carbonyl (C=O) groups is 3. The molecule has 2 unspecified atom stereocenters. The minimum atomic E-state index is -0.813. The normalized spacial score (nSPS) is 23.4. The van der Waals surface area contributed by atoms with Crippen molar-refractivity contribution in [3.05, 3.63) is 42.5 Å². The lowest BCUT2D eigenvalue weighted by atomic mass is 10.0. The van der Waals surface area contributed by atoms with Crippen molar-refractivity contribution in [2.75, 3.05) is 26.4 Å². The van der Waals surface area contributed by atoms with Crippen molar-refractivity contribution in [1.29, 1.82) is 0 Å². The van der Waals surface area contributed by atoms with Crippen LogP contribution in [0.1, 0.15) is 43.0 Å². The molecule has 0 aromatic heterocycles. The predicted molar refractivity (Wildman–Crippen MR) is 116 cm³/mol. The Hall–Kier alpha value is -2.91. The molecule has 2 heterocycles. The summed E-state index contributed by atoms with van der Waals surface area (Å²) in [4.78, 5) is 35.1. The number of ether oxygens (including phenoxy) is 6. The molecule has 2 aliphatic heterocycles. The fourth-order valence-corrected chi connectivity index (χ4v) is 3.69. The van der Waals surface area contributed by atoms with Gasteiger partial charge in [0, 0.05) is 12.0 Å².